The molecule has 0 bridgehead atoms. The summed E-state index contributed by atoms with van der Waals surface area (Å²) in [6.45, 7) is 5.43. The summed E-state index contributed by atoms with van der Waals surface area (Å²) in [4.78, 5) is 46.1. The minimum absolute atomic E-state index is 0.124. The Balaban J connectivity index is 1.95. The van der Waals surface area contributed by atoms with E-state index in [9.17, 15) is 14.4 Å². The molecule has 2 aromatic carbocycles. The lowest BCUT2D eigenvalue weighted by Crippen LogP contribution is -2.48. The Morgan fingerprint density at radius 3 is 2.25 bits per heavy atom. The maximum absolute atomic E-state index is 14.5. The summed E-state index contributed by atoms with van der Waals surface area (Å²) in [5, 5.41) is 0. The molecular weight excluding hydrogens is 514 g/mol. The number of nitrogens with zero attached hydrogens (tertiary/aromatic N) is 1. The second-order valence-corrected chi connectivity index (χ2v) is 9.61. The molecule has 2 aromatic rings. The van der Waals surface area contributed by atoms with E-state index >= 15 is 0 Å². The number of fused-ring (bicyclic) bond motifs is 1. The number of ether oxygens (including phenoxy) is 5. The molecule has 0 aromatic heterocycles. The topological polar surface area (TPSA) is 110 Å². The van der Waals surface area contributed by atoms with E-state index in [0.717, 1.165) is 5.56 Å². The van der Waals surface area contributed by atoms with Gasteiger partial charge in [0.05, 0.1) is 46.0 Å². The van der Waals surface area contributed by atoms with Crippen LogP contribution >= 0.6 is 0 Å². The molecular formula is C31H35NO8. The van der Waals surface area contributed by atoms with Crippen molar-refractivity contribution in [2.75, 3.05) is 34.5 Å². The van der Waals surface area contributed by atoms with Gasteiger partial charge in [-0.25, -0.2) is 4.79 Å². The van der Waals surface area contributed by atoms with Crippen LogP contribution < -0.4 is 14.2 Å². The minimum atomic E-state index is -1.11. The predicted octanol–water partition coefficient (Wildman–Crippen LogP) is 4.64. The Labute approximate surface area is 234 Å². The van der Waals surface area contributed by atoms with Crippen molar-refractivity contribution >= 4 is 23.4 Å². The average molecular weight is 550 g/mol. The Hall–Kier alpha value is -4.14. The fourth-order valence-corrected chi connectivity index (χ4v) is 5.76. The van der Waals surface area contributed by atoms with Crippen LogP contribution in [0, 0.1) is 11.8 Å². The molecule has 4 atom stereocenters. The third-order valence-electron chi connectivity index (χ3n) is 7.48. The highest BCUT2D eigenvalue weighted by atomic mass is 16.5. The van der Waals surface area contributed by atoms with Crippen LogP contribution in [-0.4, -0.2) is 58.0 Å². The summed E-state index contributed by atoms with van der Waals surface area (Å²) >= 11 is 0. The second-order valence-electron chi connectivity index (χ2n) is 9.61. The van der Waals surface area contributed by atoms with Crippen LogP contribution in [0.2, 0.25) is 0 Å². The molecule has 0 N–H and O–H groups in total. The molecule has 9 nitrogen and oxygen atoms in total. The zero-order valence-corrected chi connectivity index (χ0v) is 23.7. The number of benzene rings is 2. The number of hydrogen-bond acceptors (Lipinski definition) is 9. The first-order chi connectivity index (χ1) is 19.3. The standard InChI is InChI=1S/C31H35NO8/c1-7-39-30(34)25-17(3)32-23-16-21(18-10-9-11-19(14-18)36-4)27(31(35)40-8-2)29(33)28(23)26(25)22-15-20(37-5)12-13-24(22)38-6/h9-15,21,26-28H,7-8,16H2,1-6H3/t21-,26+,27+,28?/m0/s1. The van der Waals surface area contributed by atoms with Crippen molar-refractivity contribution in [2.45, 2.75) is 39.0 Å². The van der Waals surface area contributed by atoms with Gasteiger partial charge in [0.15, 0.2) is 5.78 Å². The van der Waals surface area contributed by atoms with Crippen molar-refractivity contribution in [3.8, 4) is 17.2 Å². The van der Waals surface area contributed by atoms with Crippen molar-refractivity contribution in [1.29, 1.82) is 0 Å². The third kappa shape index (κ3) is 5.33. The maximum Gasteiger partial charge on any atom is 0.336 e. The van der Waals surface area contributed by atoms with Gasteiger partial charge < -0.3 is 23.7 Å². The fourth-order valence-electron chi connectivity index (χ4n) is 5.76. The molecule has 212 valence electrons. The summed E-state index contributed by atoms with van der Waals surface area (Å²) in [5.41, 5.74) is 2.61. The van der Waals surface area contributed by atoms with Gasteiger partial charge >= 0.3 is 11.9 Å². The number of carbonyl (C=O) groups excluding carboxylic acids is 3. The van der Waals surface area contributed by atoms with Gasteiger partial charge in [-0.2, -0.15) is 0 Å². The molecule has 1 saturated carbocycles. The lowest BCUT2D eigenvalue weighted by molar-refractivity contribution is -0.153. The summed E-state index contributed by atoms with van der Waals surface area (Å²) in [7, 11) is 4.62. The Bertz CT molecular complexity index is 1360. The third-order valence-corrected chi connectivity index (χ3v) is 7.48. The Morgan fingerprint density at radius 1 is 0.900 bits per heavy atom. The summed E-state index contributed by atoms with van der Waals surface area (Å²) in [6, 6.07) is 12.5. The molecule has 2 aliphatic rings. The number of rotatable bonds is 9. The number of Topliss-reactive ketones (excluding diaryl/α,β-unsaturated/α-hetero) is 1. The van der Waals surface area contributed by atoms with E-state index in [1.165, 1.54) is 14.2 Å². The highest BCUT2D eigenvalue weighted by molar-refractivity contribution is 6.18. The first-order valence-corrected chi connectivity index (χ1v) is 13.3. The molecule has 0 saturated heterocycles. The Kier molecular flexibility index (Phi) is 8.92. The van der Waals surface area contributed by atoms with Crippen molar-refractivity contribution in [2.24, 2.45) is 16.8 Å². The number of hydrogen-bond donors (Lipinski definition) is 0. The summed E-state index contributed by atoms with van der Waals surface area (Å²) in [5.74, 6) is -3.32. The molecule has 9 heteroatoms. The summed E-state index contributed by atoms with van der Waals surface area (Å²) < 4.78 is 27.4. The van der Waals surface area contributed by atoms with E-state index in [4.69, 9.17) is 28.7 Å². The number of carbonyl (C=O) groups is 3. The molecule has 1 heterocycles. The predicted molar refractivity (Wildman–Crippen MR) is 148 cm³/mol. The van der Waals surface area contributed by atoms with Gasteiger partial charge in [-0.05, 0) is 63.1 Å². The maximum atomic E-state index is 14.5. The molecule has 0 radical (unpaired) electrons. The first-order valence-electron chi connectivity index (χ1n) is 13.3. The smallest absolute Gasteiger partial charge is 0.336 e. The molecule has 0 spiro atoms. The zero-order chi connectivity index (χ0) is 29.0. The largest absolute Gasteiger partial charge is 0.497 e. The number of allylic oxidation sites excluding steroid dienone is 1. The van der Waals surface area contributed by atoms with Gasteiger partial charge in [0, 0.05) is 28.8 Å². The summed E-state index contributed by atoms with van der Waals surface area (Å²) in [6.07, 6.45) is 0.309. The van der Waals surface area contributed by atoms with E-state index in [2.05, 4.69) is 0 Å². The van der Waals surface area contributed by atoms with E-state index in [1.807, 2.05) is 18.2 Å². The number of methoxy groups -OCH3 is 3. The van der Waals surface area contributed by atoms with Gasteiger partial charge in [0.1, 0.15) is 23.2 Å². The van der Waals surface area contributed by atoms with Crippen LogP contribution in [0.15, 0.2) is 58.7 Å². The molecule has 0 amide bonds. The lowest BCUT2D eigenvalue weighted by Gasteiger charge is -2.41. The second kappa shape index (κ2) is 12.4. The van der Waals surface area contributed by atoms with Gasteiger partial charge in [0.25, 0.3) is 0 Å². The van der Waals surface area contributed by atoms with Gasteiger partial charge in [-0.3, -0.25) is 14.6 Å². The molecule has 1 aliphatic carbocycles. The van der Waals surface area contributed by atoms with Crippen LogP contribution in [0.25, 0.3) is 0 Å². The first kappa shape index (κ1) is 28.9. The van der Waals surface area contributed by atoms with Crippen LogP contribution in [0.1, 0.15) is 50.2 Å². The van der Waals surface area contributed by atoms with Gasteiger partial charge in [-0.1, -0.05) is 12.1 Å². The average Bonchev–Trinajstić information content (AvgIpc) is 2.96. The fraction of sp³-hybridized carbons (Fsp3) is 0.419. The zero-order valence-electron chi connectivity index (χ0n) is 23.7. The van der Waals surface area contributed by atoms with Crippen LogP contribution in [-0.2, 0) is 23.9 Å². The van der Waals surface area contributed by atoms with Crippen LogP contribution in [0.3, 0.4) is 0 Å². The highest BCUT2D eigenvalue weighted by Gasteiger charge is 2.53. The molecule has 4 rings (SSSR count). The highest BCUT2D eigenvalue weighted by Crippen LogP contribution is 2.50. The quantitative estimate of drug-likeness (QED) is 0.329. The molecule has 1 fully saturated rings. The van der Waals surface area contributed by atoms with Crippen molar-refractivity contribution in [1.82, 2.24) is 0 Å². The van der Waals surface area contributed by atoms with E-state index in [0.29, 0.717) is 40.6 Å². The normalized spacial score (nSPS) is 22.1. The van der Waals surface area contributed by atoms with Crippen LogP contribution in [0.4, 0.5) is 0 Å². The molecule has 40 heavy (non-hydrogen) atoms. The Morgan fingerprint density at radius 2 is 1.60 bits per heavy atom. The molecule has 1 aliphatic heterocycles. The van der Waals surface area contributed by atoms with E-state index in [1.54, 1.807) is 52.1 Å². The van der Waals surface area contributed by atoms with E-state index < -0.39 is 35.6 Å². The van der Waals surface area contributed by atoms with Crippen molar-refractivity contribution < 1.29 is 38.1 Å². The lowest BCUT2D eigenvalue weighted by atomic mass is 9.62. The van der Waals surface area contributed by atoms with Crippen molar-refractivity contribution in [3.05, 3.63) is 64.9 Å². The van der Waals surface area contributed by atoms with Crippen molar-refractivity contribution in [3.63, 3.8) is 0 Å². The van der Waals surface area contributed by atoms with Crippen LogP contribution in [0.5, 0.6) is 17.2 Å². The molecule has 1 unspecified atom stereocenters. The number of ketones is 1. The minimum Gasteiger partial charge on any atom is -0.497 e. The SMILES string of the molecule is CCOC(=O)C1=C(C)N=C2C[C@@H](c3cccc(OC)c3)[C@@H](C(=O)OCC)C(=O)C2[C@@H]1c1cc(OC)ccc1OC. The number of aliphatic imine (C=N–C) groups is 1. The van der Waals surface area contributed by atoms with E-state index in [-0.39, 0.29) is 24.6 Å². The monoisotopic (exact) mass is 549 g/mol. The van der Waals surface area contributed by atoms with Gasteiger partial charge in [-0.15, -0.1) is 0 Å². The number of esters is 2. The van der Waals surface area contributed by atoms with Gasteiger partial charge in [0.2, 0.25) is 0 Å².